The predicted octanol–water partition coefficient (Wildman–Crippen LogP) is 2.17. The van der Waals surface area contributed by atoms with E-state index in [4.69, 9.17) is 5.73 Å². The van der Waals surface area contributed by atoms with Crippen molar-refractivity contribution in [3.8, 4) is 0 Å². The predicted molar refractivity (Wildman–Crippen MR) is 63.5 cm³/mol. The van der Waals surface area contributed by atoms with Crippen LogP contribution in [-0.2, 0) is 0 Å². The van der Waals surface area contributed by atoms with Crippen LogP contribution in [0.5, 0.6) is 0 Å². The van der Waals surface area contributed by atoms with Gasteiger partial charge in [-0.2, -0.15) is 0 Å². The second-order valence-electron chi connectivity index (χ2n) is 4.66. The minimum absolute atomic E-state index is 0.00167. The highest BCUT2D eigenvalue weighted by Gasteiger charge is 2.27. The zero-order valence-corrected chi connectivity index (χ0v) is 9.70. The van der Waals surface area contributed by atoms with Gasteiger partial charge >= 0.3 is 0 Å². The van der Waals surface area contributed by atoms with Crippen molar-refractivity contribution in [1.29, 1.82) is 0 Å². The lowest BCUT2D eigenvalue weighted by atomic mass is 10.0. The molecule has 0 aliphatic heterocycles. The molecule has 0 heterocycles. The summed E-state index contributed by atoms with van der Waals surface area (Å²) in [5.41, 5.74) is 6.48. The molecular formula is C13H19FN2. The van der Waals surface area contributed by atoms with Crippen molar-refractivity contribution in [3.63, 3.8) is 0 Å². The van der Waals surface area contributed by atoms with E-state index in [1.807, 2.05) is 19.2 Å². The summed E-state index contributed by atoms with van der Waals surface area (Å²) in [5, 5.41) is 0. The van der Waals surface area contributed by atoms with Crippen LogP contribution in [0, 0.1) is 11.7 Å². The van der Waals surface area contributed by atoms with Crippen LogP contribution in [0.4, 0.5) is 4.39 Å². The largest absolute Gasteiger partial charge is 0.329 e. The van der Waals surface area contributed by atoms with Gasteiger partial charge in [-0.15, -0.1) is 0 Å². The normalized spacial score (nSPS) is 17.8. The molecule has 88 valence electrons. The van der Waals surface area contributed by atoms with Crippen LogP contribution in [-0.4, -0.2) is 25.0 Å². The molecule has 3 heteroatoms. The van der Waals surface area contributed by atoms with Gasteiger partial charge in [0.05, 0.1) is 0 Å². The van der Waals surface area contributed by atoms with Crippen molar-refractivity contribution in [2.24, 2.45) is 11.7 Å². The van der Waals surface area contributed by atoms with E-state index >= 15 is 0 Å². The molecule has 0 bridgehead atoms. The fourth-order valence-corrected chi connectivity index (χ4v) is 2.12. The van der Waals surface area contributed by atoms with E-state index in [1.54, 1.807) is 6.07 Å². The van der Waals surface area contributed by atoms with Crippen LogP contribution in [0.25, 0.3) is 0 Å². The number of benzene rings is 1. The minimum Gasteiger partial charge on any atom is -0.329 e. The maximum Gasteiger partial charge on any atom is 0.128 e. The molecule has 0 aromatic heterocycles. The second kappa shape index (κ2) is 4.93. The first-order valence-electron chi connectivity index (χ1n) is 5.87. The Hall–Kier alpha value is -0.930. The lowest BCUT2D eigenvalue weighted by Gasteiger charge is -2.27. The van der Waals surface area contributed by atoms with E-state index in [1.165, 1.54) is 18.9 Å². The summed E-state index contributed by atoms with van der Waals surface area (Å²) in [6, 6.07) is 6.92. The third-order valence-corrected chi connectivity index (χ3v) is 3.26. The average molecular weight is 222 g/mol. The summed E-state index contributed by atoms with van der Waals surface area (Å²) in [4.78, 5) is 2.18. The zero-order valence-electron chi connectivity index (χ0n) is 9.70. The molecule has 1 unspecified atom stereocenters. The first-order chi connectivity index (χ1) is 7.72. The van der Waals surface area contributed by atoms with Crippen molar-refractivity contribution in [2.75, 3.05) is 20.1 Å². The highest BCUT2D eigenvalue weighted by atomic mass is 19.1. The Morgan fingerprint density at radius 3 is 2.69 bits per heavy atom. The molecule has 1 saturated carbocycles. The van der Waals surface area contributed by atoms with Gasteiger partial charge in [0.15, 0.2) is 0 Å². The monoisotopic (exact) mass is 222 g/mol. The molecule has 16 heavy (non-hydrogen) atoms. The third kappa shape index (κ3) is 2.60. The molecule has 2 nitrogen and oxygen atoms in total. The fourth-order valence-electron chi connectivity index (χ4n) is 2.12. The van der Waals surface area contributed by atoms with Crippen molar-refractivity contribution < 1.29 is 4.39 Å². The highest BCUT2D eigenvalue weighted by Crippen LogP contribution is 2.32. The first kappa shape index (κ1) is 11.6. The molecule has 0 saturated heterocycles. The summed E-state index contributed by atoms with van der Waals surface area (Å²) in [7, 11) is 2.03. The van der Waals surface area contributed by atoms with Crippen LogP contribution in [0.15, 0.2) is 24.3 Å². The molecule has 1 atom stereocenters. The number of halogens is 1. The van der Waals surface area contributed by atoms with E-state index in [0.29, 0.717) is 12.1 Å². The number of hydrogen-bond donors (Lipinski definition) is 1. The first-order valence-corrected chi connectivity index (χ1v) is 5.87. The Balaban J connectivity index is 2.11. The molecule has 1 fully saturated rings. The Morgan fingerprint density at radius 1 is 1.44 bits per heavy atom. The molecule has 0 amide bonds. The van der Waals surface area contributed by atoms with Gasteiger partial charge < -0.3 is 5.73 Å². The number of nitrogens with two attached hydrogens (primary N) is 1. The van der Waals surface area contributed by atoms with Crippen molar-refractivity contribution >= 4 is 0 Å². The Morgan fingerprint density at radius 2 is 2.12 bits per heavy atom. The lowest BCUT2D eigenvalue weighted by molar-refractivity contribution is 0.235. The Labute approximate surface area is 96.2 Å². The van der Waals surface area contributed by atoms with E-state index in [9.17, 15) is 4.39 Å². The van der Waals surface area contributed by atoms with Gasteiger partial charge in [0, 0.05) is 24.7 Å². The number of rotatable bonds is 5. The van der Waals surface area contributed by atoms with Crippen molar-refractivity contribution in [1.82, 2.24) is 4.90 Å². The topological polar surface area (TPSA) is 29.3 Å². The van der Waals surface area contributed by atoms with E-state index in [0.717, 1.165) is 12.5 Å². The zero-order chi connectivity index (χ0) is 11.5. The lowest BCUT2D eigenvalue weighted by Crippen LogP contribution is -2.32. The molecular weight excluding hydrogens is 203 g/mol. The molecule has 2 N–H and O–H groups in total. The third-order valence-electron chi connectivity index (χ3n) is 3.26. The summed E-state index contributed by atoms with van der Waals surface area (Å²) in [6.45, 7) is 1.49. The maximum absolute atomic E-state index is 13.7. The number of hydrogen-bond acceptors (Lipinski definition) is 2. The molecule has 1 aromatic carbocycles. The van der Waals surface area contributed by atoms with Gasteiger partial charge in [0.25, 0.3) is 0 Å². The van der Waals surface area contributed by atoms with Gasteiger partial charge in [-0.05, 0) is 31.9 Å². The summed E-state index contributed by atoms with van der Waals surface area (Å²) in [6.07, 6.45) is 2.61. The summed E-state index contributed by atoms with van der Waals surface area (Å²) >= 11 is 0. The number of likely N-dealkylation sites (N-methyl/N-ethyl adjacent to an activating group) is 1. The van der Waals surface area contributed by atoms with Crippen LogP contribution in [0.1, 0.15) is 24.4 Å². The Kier molecular flexibility index (Phi) is 3.56. The fraction of sp³-hybridized carbons (Fsp3) is 0.538. The van der Waals surface area contributed by atoms with Gasteiger partial charge in [-0.3, -0.25) is 4.90 Å². The molecule has 0 radical (unpaired) electrons. The van der Waals surface area contributed by atoms with Crippen LogP contribution >= 0.6 is 0 Å². The highest BCUT2D eigenvalue weighted by molar-refractivity contribution is 5.21. The minimum atomic E-state index is -0.152. The van der Waals surface area contributed by atoms with Crippen molar-refractivity contribution in [3.05, 3.63) is 35.6 Å². The van der Waals surface area contributed by atoms with Gasteiger partial charge in [-0.25, -0.2) is 4.39 Å². The van der Waals surface area contributed by atoms with Gasteiger partial charge in [0.1, 0.15) is 5.82 Å². The molecule has 2 rings (SSSR count). The summed E-state index contributed by atoms with van der Waals surface area (Å²) in [5.74, 6) is 0.645. The second-order valence-corrected chi connectivity index (χ2v) is 4.66. The SMILES string of the molecule is CN(CC1CC1)C(CN)c1ccccc1F. The summed E-state index contributed by atoms with van der Waals surface area (Å²) < 4.78 is 13.7. The standard InChI is InChI=1S/C13H19FN2/c1-16(9-10-6-7-10)13(8-15)11-4-2-3-5-12(11)14/h2-5,10,13H,6-9,15H2,1H3. The van der Waals surface area contributed by atoms with Gasteiger partial charge in [0.2, 0.25) is 0 Å². The maximum atomic E-state index is 13.7. The molecule has 0 spiro atoms. The van der Waals surface area contributed by atoms with Gasteiger partial charge in [-0.1, -0.05) is 18.2 Å². The molecule has 1 aromatic rings. The molecule has 1 aliphatic carbocycles. The van der Waals surface area contributed by atoms with E-state index < -0.39 is 0 Å². The average Bonchev–Trinajstić information content (AvgIpc) is 3.06. The van der Waals surface area contributed by atoms with Crippen LogP contribution < -0.4 is 5.73 Å². The van der Waals surface area contributed by atoms with E-state index in [-0.39, 0.29) is 11.9 Å². The van der Waals surface area contributed by atoms with E-state index in [2.05, 4.69) is 4.90 Å². The van der Waals surface area contributed by atoms with Crippen molar-refractivity contribution in [2.45, 2.75) is 18.9 Å². The quantitative estimate of drug-likeness (QED) is 0.827. The smallest absolute Gasteiger partial charge is 0.128 e. The Bertz CT molecular complexity index is 350. The van der Waals surface area contributed by atoms with Crippen LogP contribution in [0.3, 0.4) is 0 Å². The molecule has 1 aliphatic rings. The number of nitrogens with zero attached hydrogens (tertiary/aromatic N) is 1. The van der Waals surface area contributed by atoms with Crippen LogP contribution in [0.2, 0.25) is 0 Å².